The third-order valence-corrected chi connectivity index (χ3v) is 3.42. The van der Waals surface area contributed by atoms with Gasteiger partial charge in [0.1, 0.15) is 0 Å². The molecule has 0 amide bonds. The molecular formula is C13H16F3NO. The summed E-state index contributed by atoms with van der Waals surface area (Å²) in [6.07, 6.45) is 0.707. The summed E-state index contributed by atoms with van der Waals surface area (Å²) in [6.45, 7) is -0.629. The number of aliphatic hydroxyl groups is 1. The van der Waals surface area contributed by atoms with E-state index >= 15 is 0 Å². The quantitative estimate of drug-likeness (QED) is 0.873. The van der Waals surface area contributed by atoms with Gasteiger partial charge in [0.25, 0.3) is 0 Å². The first-order valence-electron chi connectivity index (χ1n) is 5.96. The minimum Gasteiger partial charge on any atom is -0.385 e. The van der Waals surface area contributed by atoms with E-state index in [9.17, 15) is 18.3 Å². The molecule has 2 N–H and O–H groups in total. The van der Waals surface area contributed by atoms with Crippen LogP contribution in [0.15, 0.2) is 24.3 Å². The van der Waals surface area contributed by atoms with Gasteiger partial charge in [0.2, 0.25) is 0 Å². The van der Waals surface area contributed by atoms with Crippen LogP contribution >= 0.6 is 0 Å². The maximum atomic E-state index is 13.6. The summed E-state index contributed by atoms with van der Waals surface area (Å²) in [5.74, 6) is -3.54. The molecule has 1 heterocycles. The normalized spacial score (nSPS) is 19.8. The Morgan fingerprint density at radius 2 is 1.83 bits per heavy atom. The first-order chi connectivity index (χ1) is 8.49. The molecule has 1 saturated heterocycles. The van der Waals surface area contributed by atoms with Gasteiger partial charge < -0.3 is 10.4 Å². The molecule has 0 aromatic heterocycles. The van der Waals surface area contributed by atoms with Gasteiger partial charge in [-0.1, -0.05) is 24.3 Å². The minimum absolute atomic E-state index is 0.147. The SMILES string of the molecule is OC1(c2ccccc2C(F)(F)CF)CCNCC1. The predicted molar refractivity (Wildman–Crippen MR) is 62.3 cm³/mol. The van der Waals surface area contributed by atoms with Gasteiger partial charge in [0.05, 0.1) is 5.60 Å². The summed E-state index contributed by atoms with van der Waals surface area (Å²) in [4.78, 5) is 0. The number of rotatable bonds is 3. The topological polar surface area (TPSA) is 32.3 Å². The van der Waals surface area contributed by atoms with E-state index in [0.717, 1.165) is 0 Å². The van der Waals surface area contributed by atoms with Crippen LogP contribution in [0.2, 0.25) is 0 Å². The maximum absolute atomic E-state index is 13.6. The third kappa shape index (κ3) is 2.37. The van der Waals surface area contributed by atoms with Crippen molar-refractivity contribution in [2.24, 2.45) is 0 Å². The van der Waals surface area contributed by atoms with Crippen molar-refractivity contribution in [3.8, 4) is 0 Å². The average Bonchev–Trinajstić information content (AvgIpc) is 2.40. The Labute approximate surface area is 104 Å². The molecule has 0 spiro atoms. The molecule has 0 bridgehead atoms. The van der Waals surface area contributed by atoms with Crippen molar-refractivity contribution < 1.29 is 18.3 Å². The summed E-state index contributed by atoms with van der Waals surface area (Å²) >= 11 is 0. The summed E-state index contributed by atoms with van der Waals surface area (Å²) in [7, 11) is 0. The Balaban J connectivity index is 2.44. The lowest BCUT2D eigenvalue weighted by atomic mass is 9.81. The Morgan fingerprint density at radius 1 is 1.22 bits per heavy atom. The zero-order valence-electron chi connectivity index (χ0n) is 9.93. The molecule has 0 radical (unpaired) electrons. The largest absolute Gasteiger partial charge is 0.385 e. The molecular weight excluding hydrogens is 243 g/mol. The second-order valence-corrected chi connectivity index (χ2v) is 4.67. The highest BCUT2D eigenvalue weighted by Gasteiger charge is 2.41. The van der Waals surface area contributed by atoms with Gasteiger partial charge in [-0.25, -0.2) is 4.39 Å². The van der Waals surface area contributed by atoms with Gasteiger partial charge in [0.15, 0.2) is 6.67 Å². The molecule has 1 aliphatic heterocycles. The highest BCUT2D eigenvalue weighted by molar-refractivity contribution is 5.36. The van der Waals surface area contributed by atoms with Gasteiger partial charge in [-0.3, -0.25) is 0 Å². The van der Waals surface area contributed by atoms with Crippen LogP contribution < -0.4 is 5.32 Å². The lowest BCUT2D eigenvalue weighted by Crippen LogP contribution is -2.41. The van der Waals surface area contributed by atoms with Crippen molar-refractivity contribution in [2.45, 2.75) is 24.4 Å². The predicted octanol–water partition coefficient (Wildman–Crippen LogP) is 2.32. The van der Waals surface area contributed by atoms with Gasteiger partial charge in [-0.05, 0) is 31.5 Å². The third-order valence-electron chi connectivity index (χ3n) is 3.42. The van der Waals surface area contributed by atoms with Gasteiger partial charge in [-0.2, -0.15) is 8.78 Å². The van der Waals surface area contributed by atoms with Crippen LogP contribution in [0.3, 0.4) is 0 Å². The Kier molecular flexibility index (Phi) is 3.64. The zero-order valence-corrected chi connectivity index (χ0v) is 9.93. The first kappa shape index (κ1) is 13.4. The van der Waals surface area contributed by atoms with Gasteiger partial charge in [0, 0.05) is 5.56 Å². The van der Waals surface area contributed by atoms with Gasteiger partial charge in [-0.15, -0.1) is 0 Å². The van der Waals surface area contributed by atoms with Gasteiger partial charge >= 0.3 is 5.92 Å². The maximum Gasteiger partial charge on any atom is 0.301 e. The molecule has 18 heavy (non-hydrogen) atoms. The van der Waals surface area contributed by atoms with Crippen molar-refractivity contribution in [3.05, 3.63) is 35.4 Å². The monoisotopic (exact) mass is 259 g/mol. The fraction of sp³-hybridized carbons (Fsp3) is 0.538. The van der Waals surface area contributed by atoms with Crippen LogP contribution in [0.1, 0.15) is 24.0 Å². The number of alkyl halides is 3. The van der Waals surface area contributed by atoms with Crippen molar-refractivity contribution in [1.82, 2.24) is 5.32 Å². The number of hydrogen-bond donors (Lipinski definition) is 2. The highest BCUT2D eigenvalue weighted by atomic mass is 19.3. The summed E-state index contributed by atoms with van der Waals surface area (Å²) < 4.78 is 39.6. The Hall–Kier alpha value is -1.07. The van der Waals surface area contributed by atoms with Crippen molar-refractivity contribution in [1.29, 1.82) is 0 Å². The number of benzene rings is 1. The van der Waals surface area contributed by atoms with E-state index < -0.39 is 23.8 Å². The number of piperidine rings is 1. The highest BCUT2D eigenvalue weighted by Crippen LogP contribution is 2.39. The molecule has 0 saturated carbocycles. The smallest absolute Gasteiger partial charge is 0.301 e. The van der Waals surface area contributed by atoms with Crippen LogP contribution in [0, 0.1) is 0 Å². The molecule has 2 nitrogen and oxygen atoms in total. The molecule has 2 rings (SSSR count). The average molecular weight is 259 g/mol. The second kappa shape index (κ2) is 4.90. The molecule has 5 heteroatoms. The van der Waals surface area contributed by atoms with E-state index in [1.807, 2.05) is 0 Å². The molecule has 1 aromatic rings. The van der Waals surface area contributed by atoms with Crippen LogP contribution in [0.4, 0.5) is 13.2 Å². The van der Waals surface area contributed by atoms with Crippen molar-refractivity contribution in [2.75, 3.05) is 19.8 Å². The molecule has 0 unspecified atom stereocenters. The molecule has 0 atom stereocenters. The van der Waals surface area contributed by atoms with Crippen molar-refractivity contribution in [3.63, 3.8) is 0 Å². The lowest BCUT2D eigenvalue weighted by Gasteiger charge is -2.35. The molecule has 100 valence electrons. The summed E-state index contributed by atoms with van der Waals surface area (Å²) in [5, 5.41) is 13.5. The summed E-state index contributed by atoms with van der Waals surface area (Å²) in [6, 6.07) is 5.68. The van der Waals surface area contributed by atoms with E-state index in [-0.39, 0.29) is 5.56 Å². The van der Waals surface area contributed by atoms with Crippen LogP contribution in [-0.4, -0.2) is 24.9 Å². The Bertz CT molecular complexity index is 416. The number of halogens is 3. The first-order valence-corrected chi connectivity index (χ1v) is 5.96. The second-order valence-electron chi connectivity index (χ2n) is 4.67. The molecule has 1 aliphatic rings. The van der Waals surface area contributed by atoms with E-state index in [1.165, 1.54) is 18.2 Å². The number of nitrogens with one attached hydrogen (secondary N) is 1. The Morgan fingerprint density at radius 3 is 2.44 bits per heavy atom. The molecule has 0 aliphatic carbocycles. The lowest BCUT2D eigenvalue weighted by molar-refractivity contribution is -0.0408. The van der Waals surface area contributed by atoms with Crippen LogP contribution in [0.5, 0.6) is 0 Å². The van der Waals surface area contributed by atoms with Crippen LogP contribution in [-0.2, 0) is 11.5 Å². The van der Waals surface area contributed by atoms with E-state index in [4.69, 9.17) is 0 Å². The summed E-state index contributed by atoms with van der Waals surface area (Å²) in [5.41, 5.74) is -1.55. The number of hydrogen-bond acceptors (Lipinski definition) is 2. The fourth-order valence-electron chi connectivity index (χ4n) is 2.39. The molecule has 1 aromatic carbocycles. The zero-order chi connectivity index (χ0) is 13.2. The standard InChI is InChI=1S/C13H16F3NO/c14-9-13(15,16)11-4-2-1-3-10(11)12(18)5-7-17-8-6-12/h1-4,17-18H,5-9H2. The van der Waals surface area contributed by atoms with Crippen molar-refractivity contribution >= 4 is 0 Å². The van der Waals surface area contributed by atoms with E-state index in [0.29, 0.717) is 25.9 Å². The molecule has 1 fully saturated rings. The minimum atomic E-state index is -3.54. The van der Waals surface area contributed by atoms with Crippen LogP contribution in [0.25, 0.3) is 0 Å². The van der Waals surface area contributed by atoms with E-state index in [2.05, 4.69) is 5.32 Å². The fourth-order valence-corrected chi connectivity index (χ4v) is 2.39. The van der Waals surface area contributed by atoms with E-state index in [1.54, 1.807) is 6.07 Å².